The number of carboxylic acid groups (broad SMARTS) is 1. The molecular weight excluding hydrogens is 218 g/mol. The maximum absolute atomic E-state index is 11.1. The monoisotopic (exact) mass is 229 g/mol. The molecule has 1 aliphatic rings. The summed E-state index contributed by atoms with van der Waals surface area (Å²) in [7, 11) is 1.76. The lowest BCUT2D eigenvalue weighted by Gasteiger charge is -2.15. The average Bonchev–Trinajstić information content (AvgIpc) is 2.67. The van der Waals surface area contributed by atoms with Gasteiger partial charge in [0.1, 0.15) is 0 Å². The Labute approximate surface area is 97.7 Å². The quantitative estimate of drug-likeness (QED) is 0.799. The number of aromatic nitrogens is 3. The van der Waals surface area contributed by atoms with Crippen LogP contribution in [0.4, 0.5) is 0 Å². The number of nitrogens with zero attached hydrogens (tertiary/aromatic N) is 3. The minimum Gasteiger partial charge on any atom is -0.476 e. The van der Waals surface area contributed by atoms with E-state index in [0.29, 0.717) is 6.42 Å². The predicted octanol–water partition coefficient (Wildman–Crippen LogP) is 1.28. The Morgan fingerprint density at radius 1 is 1.47 bits per heavy atom. The van der Waals surface area contributed by atoms with Crippen LogP contribution in [-0.4, -0.2) is 25.8 Å². The standard InChI is InChI=1S/C12H11N3O2/c1-15-11-8(10(14-15)12(16)17)5-4-7-3-2-6-13-9(7)11/h2-3,6H,4-5H2,1H3,(H,16,17). The van der Waals surface area contributed by atoms with Crippen LogP contribution in [0.3, 0.4) is 0 Å². The van der Waals surface area contributed by atoms with E-state index in [0.717, 1.165) is 28.9 Å². The summed E-state index contributed by atoms with van der Waals surface area (Å²) in [4.78, 5) is 15.4. The number of rotatable bonds is 1. The molecule has 17 heavy (non-hydrogen) atoms. The Hall–Kier alpha value is -2.17. The molecule has 0 atom stereocenters. The van der Waals surface area contributed by atoms with Crippen molar-refractivity contribution in [1.29, 1.82) is 0 Å². The molecule has 0 radical (unpaired) electrons. The smallest absolute Gasteiger partial charge is 0.356 e. The van der Waals surface area contributed by atoms with Crippen molar-refractivity contribution in [3.8, 4) is 11.4 Å². The van der Waals surface area contributed by atoms with Gasteiger partial charge in [0, 0.05) is 18.8 Å². The number of pyridine rings is 1. The molecule has 0 aromatic carbocycles. The van der Waals surface area contributed by atoms with Crippen molar-refractivity contribution >= 4 is 5.97 Å². The van der Waals surface area contributed by atoms with Crippen molar-refractivity contribution in [2.75, 3.05) is 0 Å². The van der Waals surface area contributed by atoms with E-state index in [4.69, 9.17) is 5.11 Å². The highest BCUT2D eigenvalue weighted by Gasteiger charge is 2.27. The largest absolute Gasteiger partial charge is 0.476 e. The lowest BCUT2D eigenvalue weighted by molar-refractivity contribution is 0.0688. The van der Waals surface area contributed by atoms with E-state index in [-0.39, 0.29) is 5.69 Å². The number of hydrogen-bond donors (Lipinski definition) is 1. The van der Waals surface area contributed by atoms with Crippen molar-refractivity contribution in [3.05, 3.63) is 35.2 Å². The fourth-order valence-electron chi connectivity index (χ4n) is 2.39. The van der Waals surface area contributed by atoms with E-state index < -0.39 is 5.97 Å². The van der Waals surface area contributed by atoms with Crippen LogP contribution in [0.1, 0.15) is 21.6 Å². The van der Waals surface area contributed by atoms with Crippen molar-refractivity contribution in [2.45, 2.75) is 12.8 Å². The van der Waals surface area contributed by atoms with Crippen LogP contribution in [0, 0.1) is 0 Å². The van der Waals surface area contributed by atoms with Crippen molar-refractivity contribution in [1.82, 2.24) is 14.8 Å². The first-order chi connectivity index (χ1) is 8.18. The second kappa shape index (κ2) is 3.41. The van der Waals surface area contributed by atoms with Gasteiger partial charge < -0.3 is 5.11 Å². The Balaban J connectivity index is 2.30. The summed E-state index contributed by atoms with van der Waals surface area (Å²) in [5, 5.41) is 13.2. The molecule has 5 heteroatoms. The summed E-state index contributed by atoms with van der Waals surface area (Å²) in [6, 6.07) is 3.93. The van der Waals surface area contributed by atoms with E-state index in [1.54, 1.807) is 17.9 Å². The average molecular weight is 229 g/mol. The van der Waals surface area contributed by atoms with Gasteiger partial charge in [-0.25, -0.2) is 4.79 Å². The zero-order valence-corrected chi connectivity index (χ0v) is 9.34. The number of hydrogen-bond acceptors (Lipinski definition) is 3. The molecule has 2 aromatic rings. The molecular formula is C12H11N3O2. The molecule has 86 valence electrons. The molecule has 0 amide bonds. The van der Waals surface area contributed by atoms with Gasteiger partial charge in [-0.05, 0) is 24.5 Å². The molecule has 0 spiro atoms. The third kappa shape index (κ3) is 1.35. The summed E-state index contributed by atoms with van der Waals surface area (Å²) < 4.78 is 1.61. The van der Waals surface area contributed by atoms with Crippen molar-refractivity contribution in [2.24, 2.45) is 7.05 Å². The number of aromatic carboxylic acids is 1. The summed E-state index contributed by atoms with van der Waals surface area (Å²) >= 11 is 0. The zero-order valence-electron chi connectivity index (χ0n) is 9.34. The van der Waals surface area contributed by atoms with Crippen LogP contribution in [0.15, 0.2) is 18.3 Å². The molecule has 3 rings (SSSR count). The van der Waals surface area contributed by atoms with E-state index in [1.807, 2.05) is 12.1 Å². The van der Waals surface area contributed by atoms with Crippen molar-refractivity contribution < 1.29 is 9.90 Å². The number of carboxylic acids is 1. The Bertz CT molecular complexity index is 616. The molecule has 2 heterocycles. The number of carbonyl (C=O) groups is 1. The minimum absolute atomic E-state index is 0.152. The predicted molar refractivity (Wildman–Crippen MR) is 60.8 cm³/mol. The maximum Gasteiger partial charge on any atom is 0.356 e. The molecule has 0 fully saturated rings. The van der Waals surface area contributed by atoms with E-state index >= 15 is 0 Å². The highest BCUT2D eigenvalue weighted by molar-refractivity contribution is 5.90. The van der Waals surface area contributed by atoms with E-state index in [2.05, 4.69) is 10.1 Å². The van der Waals surface area contributed by atoms with Gasteiger partial charge in [-0.1, -0.05) is 6.07 Å². The van der Waals surface area contributed by atoms with E-state index in [1.165, 1.54) is 0 Å². The molecule has 0 aliphatic heterocycles. The first-order valence-electron chi connectivity index (χ1n) is 5.42. The SMILES string of the molecule is Cn1nc(C(=O)O)c2c1-c1ncccc1CC2. The van der Waals surface area contributed by atoms with Gasteiger partial charge >= 0.3 is 5.97 Å². The molecule has 1 aliphatic carbocycles. The molecule has 0 unspecified atom stereocenters. The van der Waals surface area contributed by atoms with Crippen LogP contribution < -0.4 is 0 Å². The van der Waals surface area contributed by atoms with E-state index in [9.17, 15) is 4.79 Å². The fourth-order valence-corrected chi connectivity index (χ4v) is 2.39. The van der Waals surface area contributed by atoms with Crippen LogP contribution >= 0.6 is 0 Å². The lowest BCUT2D eigenvalue weighted by Crippen LogP contribution is -2.09. The Kier molecular flexibility index (Phi) is 2.01. The maximum atomic E-state index is 11.1. The summed E-state index contributed by atoms with van der Waals surface area (Å²) in [6.45, 7) is 0. The zero-order chi connectivity index (χ0) is 12.0. The van der Waals surface area contributed by atoms with Gasteiger partial charge in [0.05, 0.1) is 11.4 Å². The summed E-state index contributed by atoms with van der Waals surface area (Å²) in [5.41, 5.74) is 3.80. The first kappa shape index (κ1) is 10.0. The van der Waals surface area contributed by atoms with Crippen LogP contribution in [0.25, 0.3) is 11.4 Å². The van der Waals surface area contributed by atoms with Gasteiger partial charge in [0.2, 0.25) is 0 Å². The Morgan fingerprint density at radius 3 is 3.06 bits per heavy atom. The molecule has 5 nitrogen and oxygen atoms in total. The van der Waals surface area contributed by atoms with Gasteiger partial charge in [-0.3, -0.25) is 9.67 Å². The number of aryl methyl sites for hydroxylation is 2. The summed E-state index contributed by atoms with van der Waals surface area (Å²) in [5.74, 6) is -0.971. The third-order valence-corrected chi connectivity index (χ3v) is 3.11. The third-order valence-electron chi connectivity index (χ3n) is 3.11. The second-order valence-corrected chi connectivity index (χ2v) is 4.12. The Morgan fingerprint density at radius 2 is 2.29 bits per heavy atom. The topological polar surface area (TPSA) is 68.0 Å². The second-order valence-electron chi connectivity index (χ2n) is 4.12. The van der Waals surface area contributed by atoms with Crippen LogP contribution in [0.5, 0.6) is 0 Å². The normalized spacial score (nSPS) is 13.0. The fraction of sp³-hybridized carbons (Fsp3) is 0.250. The van der Waals surface area contributed by atoms with Gasteiger partial charge in [-0.15, -0.1) is 0 Å². The van der Waals surface area contributed by atoms with Gasteiger partial charge in [-0.2, -0.15) is 5.10 Å². The van der Waals surface area contributed by atoms with Gasteiger partial charge in [0.25, 0.3) is 0 Å². The highest BCUT2D eigenvalue weighted by Crippen LogP contribution is 2.33. The highest BCUT2D eigenvalue weighted by atomic mass is 16.4. The molecule has 2 aromatic heterocycles. The molecule has 0 bridgehead atoms. The molecule has 0 saturated heterocycles. The molecule has 1 N–H and O–H groups in total. The first-order valence-corrected chi connectivity index (χ1v) is 5.42. The van der Waals surface area contributed by atoms with Crippen LogP contribution in [-0.2, 0) is 19.9 Å². The van der Waals surface area contributed by atoms with Crippen LogP contribution in [0.2, 0.25) is 0 Å². The lowest BCUT2D eigenvalue weighted by atomic mass is 9.92. The van der Waals surface area contributed by atoms with Gasteiger partial charge in [0.15, 0.2) is 5.69 Å². The van der Waals surface area contributed by atoms with Crippen molar-refractivity contribution in [3.63, 3.8) is 0 Å². The number of fused-ring (bicyclic) bond motifs is 3. The minimum atomic E-state index is -0.971. The summed E-state index contributed by atoms with van der Waals surface area (Å²) in [6.07, 6.45) is 3.26. The molecule has 0 saturated carbocycles.